The molecule has 3 rings (SSSR count). The number of fused-ring (bicyclic) bond motifs is 1. The predicted molar refractivity (Wildman–Crippen MR) is 81.4 cm³/mol. The first-order valence-electron chi connectivity index (χ1n) is 6.96. The third-order valence-corrected chi connectivity index (χ3v) is 3.78. The van der Waals surface area contributed by atoms with Crippen LogP contribution >= 0.6 is 11.6 Å². The summed E-state index contributed by atoms with van der Waals surface area (Å²) >= 11 is 5.98. The van der Waals surface area contributed by atoms with E-state index in [0.29, 0.717) is 30.7 Å². The number of aliphatic hydroxyl groups is 1. The highest BCUT2D eigenvalue weighted by Gasteiger charge is 2.25. The van der Waals surface area contributed by atoms with Crippen LogP contribution < -0.4 is 4.74 Å². The Kier molecular flexibility index (Phi) is 4.39. The van der Waals surface area contributed by atoms with Crippen molar-refractivity contribution in [1.82, 2.24) is 9.88 Å². The van der Waals surface area contributed by atoms with Crippen LogP contribution in [-0.4, -0.2) is 34.7 Å². The standard InChI is InChI=1S/C16H17ClN2O2/c17-15-7-6-13-10-19(8-9-20)11-14(21-16(13)18-15)12-4-2-1-3-5-12/h1-7,14,20H,8-11H2/t14-/m0/s1. The first-order chi connectivity index (χ1) is 10.3. The third kappa shape index (κ3) is 3.35. The van der Waals surface area contributed by atoms with Gasteiger partial charge in [0.1, 0.15) is 11.3 Å². The Morgan fingerprint density at radius 2 is 2.05 bits per heavy atom. The van der Waals surface area contributed by atoms with Gasteiger partial charge in [0.2, 0.25) is 5.88 Å². The molecule has 1 aromatic carbocycles. The molecular weight excluding hydrogens is 288 g/mol. The summed E-state index contributed by atoms with van der Waals surface area (Å²) in [7, 11) is 0. The highest BCUT2D eigenvalue weighted by Crippen LogP contribution is 2.30. The van der Waals surface area contributed by atoms with Crippen LogP contribution in [0.4, 0.5) is 0 Å². The molecule has 0 amide bonds. The minimum Gasteiger partial charge on any atom is -0.468 e. The minimum absolute atomic E-state index is 0.120. The number of pyridine rings is 1. The Bertz CT molecular complexity index is 606. The summed E-state index contributed by atoms with van der Waals surface area (Å²) in [6, 6.07) is 13.7. The fourth-order valence-corrected chi connectivity index (χ4v) is 2.67. The van der Waals surface area contributed by atoms with E-state index in [1.807, 2.05) is 36.4 Å². The van der Waals surface area contributed by atoms with Gasteiger partial charge in [-0.25, -0.2) is 4.98 Å². The number of aliphatic hydroxyl groups excluding tert-OH is 1. The number of ether oxygens (including phenoxy) is 1. The van der Waals surface area contributed by atoms with E-state index in [9.17, 15) is 5.11 Å². The van der Waals surface area contributed by atoms with Crippen molar-refractivity contribution in [3.8, 4) is 5.88 Å². The average molecular weight is 305 g/mol. The molecule has 0 radical (unpaired) electrons. The topological polar surface area (TPSA) is 45.6 Å². The van der Waals surface area contributed by atoms with Gasteiger partial charge in [-0.15, -0.1) is 0 Å². The fraction of sp³-hybridized carbons (Fsp3) is 0.312. The quantitative estimate of drug-likeness (QED) is 0.886. The minimum atomic E-state index is -0.120. The largest absolute Gasteiger partial charge is 0.468 e. The lowest BCUT2D eigenvalue weighted by Gasteiger charge is -2.23. The summed E-state index contributed by atoms with van der Waals surface area (Å²) in [5.41, 5.74) is 2.08. The molecule has 1 atom stereocenters. The number of hydrogen-bond donors (Lipinski definition) is 1. The van der Waals surface area contributed by atoms with Gasteiger partial charge in [0.25, 0.3) is 0 Å². The first kappa shape index (κ1) is 14.3. The van der Waals surface area contributed by atoms with E-state index in [0.717, 1.165) is 11.1 Å². The van der Waals surface area contributed by atoms with E-state index in [2.05, 4.69) is 9.88 Å². The van der Waals surface area contributed by atoms with Gasteiger partial charge in [-0.3, -0.25) is 4.90 Å². The zero-order valence-electron chi connectivity index (χ0n) is 11.6. The van der Waals surface area contributed by atoms with Crippen molar-refractivity contribution in [2.45, 2.75) is 12.6 Å². The maximum Gasteiger partial charge on any atom is 0.219 e. The predicted octanol–water partition coefficient (Wildman–Crippen LogP) is 2.66. The molecule has 2 aromatic rings. The Morgan fingerprint density at radius 3 is 2.81 bits per heavy atom. The smallest absolute Gasteiger partial charge is 0.219 e. The molecule has 21 heavy (non-hydrogen) atoms. The van der Waals surface area contributed by atoms with Crippen molar-refractivity contribution in [2.75, 3.05) is 19.7 Å². The molecule has 1 aliphatic heterocycles. The molecule has 5 heteroatoms. The van der Waals surface area contributed by atoms with Gasteiger partial charge < -0.3 is 9.84 Å². The average Bonchev–Trinajstić information content (AvgIpc) is 2.67. The van der Waals surface area contributed by atoms with Crippen molar-refractivity contribution >= 4 is 11.6 Å². The molecule has 0 saturated heterocycles. The first-order valence-corrected chi connectivity index (χ1v) is 7.34. The second kappa shape index (κ2) is 6.43. The second-order valence-corrected chi connectivity index (χ2v) is 5.46. The molecule has 0 aliphatic carbocycles. The number of rotatable bonds is 3. The lowest BCUT2D eigenvalue weighted by Crippen LogP contribution is -2.30. The van der Waals surface area contributed by atoms with Gasteiger partial charge in [-0.1, -0.05) is 41.9 Å². The van der Waals surface area contributed by atoms with Gasteiger partial charge in [-0.05, 0) is 17.7 Å². The molecular formula is C16H17ClN2O2. The van der Waals surface area contributed by atoms with E-state index in [1.165, 1.54) is 0 Å². The lowest BCUT2D eigenvalue weighted by molar-refractivity contribution is 0.126. The Hall–Kier alpha value is -1.62. The highest BCUT2D eigenvalue weighted by molar-refractivity contribution is 6.29. The summed E-state index contributed by atoms with van der Waals surface area (Å²) in [6.45, 7) is 2.13. The van der Waals surface area contributed by atoms with Crippen LogP contribution in [0, 0.1) is 0 Å². The van der Waals surface area contributed by atoms with E-state index < -0.39 is 0 Å². The normalized spacial score (nSPS) is 18.7. The van der Waals surface area contributed by atoms with Crippen molar-refractivity contribution in [3.63, 3.8) is 0 Å². The molecule has 0 spiro atoms. The lowest BCUT2D eigenvalue weighted by atomic mass is 10.1. The van der Waals surface area contributed by atoms with Crippen molar-refractivity contribution < 1.29 is 9.84 Å². The maximum atomic E-state index is 9.24. The van der Waals surface area contributed by atoms with Crippen LogP contribution in [-0.2, 0) is 6.54 Å². The Labute approximate surface area is 128 Å². The molecule has 0 saturated carbocycles. The number of nitrogens with zero attached hydrogens (tertiary/aromatic N) is 2. The molecule has 110 valence electrons. The molecule has 4 nitrogen and oxygen atoms in total. The molecule has 1 aliphatic rings. The molecule has 1 N–H and O–H groups in total. The van der Waals surface area contributed by atoms with Crippen LogP contribution in [0.15, 0.2) is 42.5 Å². The zero-order chi connectivity index (χ0) is 14.7. The Balaban J connectivity index is 1.94. The van der Waals surface area contributed by atoms with Gasteiger partial charge in [-0.2, -0.15) is 0 Å². The number of halogens is 1. The Morgan fingerprint density at radius 1 is 1.24 bits per heavy atom. The number of hydrogen-bond acceptors (Lipinski definition) is 4. The number of β-amino-alcohol motifs (C(OH)–C–C–N with tert-alkyl or cyclic N) is 1. The van der Waals surface area contributed by atoms with Crippen molar-refractivity contribution in [3.05, 3.63) is 58.7 Å². The summed E-state index contributed by atoms with van der Waals surface area (Å²) in [4.78, 5) is 6.46. The number of aromatic nitrogens is 1. The third-order valence-electron chi connectivity index (χ3n) is 3.56. The van der Waals surface area contributed by atoms with E-state index in [1.54, 1.807) is 6.07 Å². The van der Waals surface area contributed by atoms with Crippen molar-refractivity contribution in [1.29, 1.82) is 0 Å². The summed E-state index contributed by atoms with van der Waals surface area (Å²) < 4.78 is 6.08. The fourth-order valence-electron chi connectivity index (χ4n) is 2.53. The molecule has 0 bridgehead atoms. The van der Waals surface area contributed by atoms with Crippen LogP contribution in [0.1, 0.15) is 17.2 Å². The summed E-state index contributed by atoms with van der Waals surface area (Å²) in [5.74, 6) is 0.580. The van der Waals surface area contributed by atoms with Gasteiger partial charge in [0.15, 0.2) is 0 Å². The SMILES string of the molecule is OCCN1Cc2ccc(Cl)nc2O[C@H](c2ccccc2)C1. The van der Waals surface area contributed by atoms with Crippen LogP contribution in [0.25, 0.3) is 0 Å². The highest BCUT2D eigenvalue weighted by atomic mass is 35.5. The van der Waals surface area contributed by atoms with E-state index >= 15 is 0 Å². The molecule has 2 heterocycles. The maximum absolute atomic E-state index is 9.24. The van der Waals surface area contributed by atoms with Gasteiger partial charge in [0, 0.05) is 25.2 Å². The zero-order valence-corrected chi connectivity index (χ0v) is 12.3. The van der Waals surface area contributed by atoms with Crippen LogP contribution in [0.5, 0.6) is 5.88 Å². The monoisotopic (exact) mass is 304 g/mol. The molecule has 0 unspecified atom stereocenters. The summed E-state index contributed by atoms with van der Waals surface area (Å²) in [5, 5.41) is 9.67. The van der Waals surface area contributed by atoms with E-state index in [4.69, 9.17) is 16.3 Å². The molecule has 1 aromatic heterocycles. The van der Waals surface area contributed by atoms with E-state index in [-0.39, 0.29) is 12.7 Å². The van der Waals surface area contributed by atoms with Crippen molar-refractivity contribution in [2.24, 2.45) is 0 Å². The van der Waals surface area contributed by atoms with Gasteiger partial charge in [0.05, 0.1) is 6.61 Å². The van der Waals surface area contributed by atoms with Crippen LogP contribution in [0.2, 0.25) is 5.15 Å². The van der Waals surface area contributed by atoms with Gasteiger partial charge >= 0.3 is 0 Å². The van der Waals surface area contributed by atoms with Crippen LogP contribution in [0.3, 0.4) is 0 Å². The summed E-state index contributed by atoms with van der Waals surface area (Å²) in [6.07, 6.45) is -0.120. The molecule has 0 fully saturated rings. The number of benzene rings is 1. The second-order valence-electron chi connectivity index (χ2n) is 5.07.